The van der Waals surface area contributed by atoms with E-state index in [1.807, 2.05) is 60.7 Å². The number of ether oxygens (including phenoxy) is 2. The first-order chi connectivity index (χ1) is 17.3. The predicted octanol–water partition coefficient (Wildman–Crippen LogP) is 1.82. The van der Waals surface area contributed by atoms with Gasteiger partial charge in [-0.15, -0.1) is 0 Å². The normalized spacial score (nSPS) is 12.0. The van der Waals surface area contributed by atoms with Crippen molar-refractivity contribution in [2.24, 2.45) is 0 Å². The Morgan fingerprint density at radius 1 is 0.722 bits per heavy atom. The summed E-state index contributed by atoms with van der Waals surface area (Å²) in [5.74, 6) is -2.61. The number of carboxylic acid groups (broad SMARTS) is 2. The maximum absolute atomic E-state index is 12.2. The first-order valence-corrected chi connectivity index (χ1v) is 11.7. The quantitative estimate of drug-likeness (QED) is 0.157. The van der Waals surface area contributed by atoms with E-state index in [9.17, 15) is 29.7 Å². The molecule has 0 saturated heterocycles. The van der Waals surface area contributed by atoms with Crippen LogP contribution in [0.5, 0.6) is 0 Å². The second-order valence-electron chi connectivity index (χ2n) is 8.34. The van der Waals surface area contributed by atoms with Crippen LogP contribution in [-0.4, -0.2) is 88.6 Å². The van der Waals surface area contributed by atoms with E-state index in [0.29, 0.717) is 25.9 Å². The Kier molecular flexibility index (Phi) is 13.2. The molecule has 2 aromatic rings. The van der Waals surface area contributed by atoms with Crippen molar-refractivity contribution in [2.45, 2.75) is 32.3 Å². The maximum Gasteiger partial charge on any atom is 0.320 e. The van der Waals surface area contributed by atoms with E-state index in [1.54, 1.807) is 4.90 Å². The van der Waals surface area contributed by atoms with E-state index < -0.39 is 24.2 Å². The average molecular weight is 503 g/mol. The summed E-state index contributed by atoms with van der Waals surface area (Å²) in [6.07, 6.45) is -0.100. The van der Waals surface area contributed by atoms with Crippen molar-refractivity contribution in [3.63, 3.8) is 0 Å². The molecular weight excluding hydrogens is 468 g/mol. The summed E-state index contributed by atoms with van der Waals surface area (Å²) in [6, 6.07) is 18.5. The van der Waals surface area contributed by atoms with Crippen LogP contribution in [0.4, 0.5) is 0 Å². The van der Waals surface area contributed by atoms with Crippen LogP contribution in [0.25, 0.3) is 0 Å². The number of hydrogen-bond acceptors (Lipinski definition) is 8. The Morgan fingerprint density at radius 3 is 1.78 bits per heavy atom. The van der Waals surface area contributed by atoms with Gasteiger partial charge >= 0.3 is 17.9 Å². The first-order valence-electron chi connectivity index (χ1n) is 11.7. The number of carbonyl (C=O) groups excluding carboxylic acids is 1. The summed E-state index contributed by atoms with van der Waals surface area (Å²) in [7, 11) is 0. The monoisotopic (exact) mass is 502 g/mol. The SMILES string of the molecule is O=C(O)CN(CCCCN(CC(=O)O)CC(O)OCc1ccccc1)CC(=O)OCc1ccccc1. The van der Waals surface area contributed by atoms with Gasteiger partial charge in [-0.25, -0.2) is 0 Å². The molecule has 0 spiro atoms. The third kappa shape index (κ3) is 13.0. The number of rotatable bonds is 18. The number of hydrogen-bond donors (Lipinski definition) is 3. The van der Waals surface area contributed by atoms with Crippen LogP contribution in [0.3, 0.4) is 0 Å². The molecule has 0 aromatic heterocycles. The zero-order valence-corrected chi connectivity index (χ0v) is 20.2. The highest BCUT2D eigenvalue weighted by atomic mass is 16.6. The molecule has 0 aliphatic carbocycles. The van der Waals surface area contributed by atoms with Gasteiger partial charge in [0.1, 0.15) is 6.61 Å². The van der Waals surface area contributed by atoms with Gasteiger partial charge in [0, 0.05) is 6.54 Å². The van der Waals surface area contributed by atoms with Gasteiger partial charge in [0.2, 0.25) is 0 Å². The lowest BCUT2D eigenvalue weighted by Gasteiger charge is -2.24. The van der Waals surface area contributed by atoms with Crippen LogP contribution in [0.1, 0.15) is 24.0 Å². The lowest BCUT2D eigenvalue weighted by Crippen LogP contribution is -2.39. The molecule has 0 fully saturated rings. The summed E-state index contributed by atoms with van der Waals surface area (Å²) in [4.78, 5) is 37.7. The third-order valence-corrected chi connectivity index (χ3v) is 5.21. The molecule has 0 aliphatic heterocycles. The minimum atomic E-state index is -1.16. The number of nitrogens with zero attached hydrogens (tertiary/aromatic N) is 2. The highest BCUT2D eigenvalue weighted by molar-refractivity contribution is 5.74. The number of carbonyl (C=O) groups is 3. The van der Waals surface area contributed by atoms with Crippen molar-refractivity contribution in [3.8, 4) is 0 Å². The highest BCUT2D eigenvalue weighted by Gasteiger charge is 2.17. The Bertz CT molecular complexity index is 926. The molecule has 10 nitrogen and oxygen atoms in total. The molecule has 0 amide bonds. The van der Waals surface area contributed by atoms with Gasteiger partial charge in [-0.3, -0.25) is 24.2 Å². The van der Waals surface area contributed by atoms with Crippen molar-refractivity contribution in [1.29, 1.82) is 0 Å². The molecule has 196 valence electrons. The van der Waals surface area contributed by atoms with Gasteiger partial charge in [-0.2, -0.15) is 0 Å². The second kappa shape index (κ2) is 16.4. The minimum absolute atomic E-state index is 0.0176. The summed E-state index contributed by atoms with van der Waals surface area (Å²) in [5.41, 5.74) is 1.73. The molecule has 0 bridgehead atoms. The van der Waals surface area contributed by atoms with Gasteiger partial charge in [0.25, 0.3) is 0 Å². The van der Waals surface area contributed by atoms with Crippen molar-refractivity contribution >= 4 is 17.9 Å². The Balaban J connectivity index is 1.75. The summed E-state index contributed by atoms with van der Waals surface area (Å²) in [5, 5.41) is 28.6. The van der Waals surface area contributed by atoms with E-state index >= 15 is 0 Å². The van der Waals surface area contributed by atoms with Gasteiger partial charge in [-0.05, 0) is 37.1 Å². The van der Waals surface area contributed by atoms with Crippen LogP contribution >= 0.6 is 0 Å². The number of carboxylic acids is 2. The van der Waals surface area contributed by atoms with Crippen molar-refractivity contribution in [1.82, 2.24) is 9.80 Å². The van der Waals surface area contributed by atoms with Crippen LogP contribution < -0.4 is 0 Å². The van der Waals surface area contributed by atoms with Gasteiger partial charge in [0.05, 0.1) is 26.2 Å². The minimum Gasteiger partial charge on any atom is -0.480 e. The molecule has 2 aromatic carbocycles. The van der Waals surface area contributed by atoms with E-state index in [2.05, 4.69) is 0 Å². The van der Waals surface area contributed by atoms with Gasteiger partial charge in [-0.1, -0.05) is 60.7 Å². The highest BCUT2D eigenvalue weighted by Crippen LogP contribution is 2.06. The molecule has 3 N–H and O–H groups in total. The van der Waals surface area contributed by atoms with E-state index in [-0.39, 0.29) is 39.4 Å². The van der Waals surface area contributed by atoms with Crippen molar-refractivity contribution < 1.29 is 39.2 Å². The molecule has 0 heterocycles. The predicted molar refractivity (Wildman–Crippen MR) is 131 cm³/mol. The smallest absolute Gasteiger partial charge is 0.320 e. The molecule has 10 heteroatoms. The molecule has 1 atom stereocenters. The number of aliphatic carboxylic acids is 2. The second-order valence-corrected chi connectivity index (χ2v) is 8.34. The Morgan fingerprint density at radius 2 is 1.22 bits per heavy atom. The molecule has 0 aliphatic rings. The standard InChI is InChI=1S/C26H34N2O8/c29-23(30)15-27(17-25(33)35-19-21-9-3-1-4-10-21)13-7-8-14-28(16-24(31)32)18-26(34)36-20-22-11-5-2-6-12-22/h1-6,9-12,25,33H,7-8,13-20H2,(H,29,30)(H,31,32). The largest absolute Gasteiger partial charge is 0.480 e. The average Bonchev–Trinajstić information content (AvgIpc) is 2.84. The molecular formula is C26H34N2O8. The molecule has 2 rings (SSSR count). The maximum atomic E-state index is 12.2. The molecule has 1 unspecified atom stereocenters. The van der Waals surface area contributed by atoms with Crippen LogP contribution in [0.2, 0.25) is 0 Å². The van der Waals surface area contributed by atoms with E-state index in [0.717, 1.165) is 11.1 Å². The van der Waals surface area contributed by atoms with Crippen molar-refractivity contribution in [2.75, 3.05) is 39.3 Å². The molecule has 0 saturated carbocycles. The van der Waals surface area contributed by atoms with Gasteiger partial charge in [0.15, 0.2) is 6.29 Å². The van der Waals surface area contributed by atoms with Gasteiger partial charge < -0.3 is 24.8 Å². The number of aliphatic hydroxyl groups is 1. The lowest BCUT2D eigenvalue weighted by molar-refractivity contribution is -0.148. The third-order valence-electron chi connectivity index (χ3n) is 5.21. The van der Waals surface area contributed by atoms with Crippen LogP contribution in [-0.2, 0) is 37.1 Å². The molecule has 0 radical (unpaired) electrons. The summed E-state index contributed by atoms with van der Waals surface area (Å²) >= 11 is 0. The topological polar surface area (TPSA) is 137 Å². The Hall–Kier alpha value is -3.31. The number of unbranched alkanes of at least 4 members (excludes halogenated alkanes) is 1. The number of benzene rings is 2. The fourth-order valence-electron chi connectivity index (χ4n) is 3.51. The number of aliphatic hydroxyl groups excluding tert-OH is 1. The van der Waals surface area contributed by atoms with Crippen LogP contribution in [0, 0.1) is 0 Å². The Labute approximate surface area is 210 Å². The van der Waals surface area contributed by atoms with Crippen LogP contribution in [0.15, 0.2) is 60.7 Å². The lowest BCUT2D eigenvalue weighted by atomic mass is 10.2. The zero-order chi connectivity index (χ0) is 26.2. The number of esters is 1. The van der Waals surface area contributed by atoms with Crippen molar-refractivity contribution in [3.05, 3.63) is 71.8 Å². The fourth-order valence-corrected chi connectivity index (χ4v) is 3.51. The van der Waals surface area contributed by atoms with E-state index in [1.165, 1.54) is 4.90 Å². The molecule has 36 heavy (non-hydrogen) atoms. The zero-order valence-electron chi connectivity index (χ0n) is 20.2. The fraction of sp³-hybridized carbons (Fsp3) is 0.423. The van der Waals surface area contributed by atoms with E-state index in [4.69, 9.17) is 9.47 Å². The summed E-state index contributed by atoms with van der Waals surface area (Å²) < 4.78 is 10.7. The summed E-state index contributed by atoms with van der Waals surface area (Å²) in [6.45, 7) is 0.264. The first kappa shape index (κ1) is 28.9.